The summed E-state index contributed by atoms with van der Waals surface area (Å²) in [5.74, 6) is -2.10. The van der Waals surface area contributed by atoms with E-state index in [-0.39, 0.29) is 24.7 Å². The first kappa shape index (κ1) is 17.3. The quantitative estimate of drug-likeness (QED) is 0.810. The Kier molecular flexibility index (Phi) is 4.96. The number of nitrogens with zero attached hydrogens (tertiary/aromatic N) is 1. The van der Waals surface area contributed by atoms with Crippen molar-refractivity contribution in [2.75, 3.05) is 13.1 Å². The molecule has 1 aromatic rings. The number of nitrogens with one attached hydrogen (secondary N) is 2. The van der Waals surface area contributed by atoms with Crippen molar-refractivity contribution in [1.82, 2.24) is 15.5 Å². The third-order valence-electron chi connectivity index (χ3n) is 4.77. The molecule has 2 aliphatic rings. The molecule has 2 saturated heterocycles. The van der Waals surface area contributed by atoms with Crippen LogP contribution >= 0.6 is 0 Å². The van der Waals surface area contributed by atoms with Gasteiger partial charge in [-0.2, -0.15) is 0 Å². The zero-order chi connectivity index (χ0) is 18.0. The second-order valence-electron chi connectivity index (χ2n) is 6.38. The Morgan fingerprint density at radius 1 is 1.16 bits per heavy atom. The molecule has 25 heavy (non-hydrogen) atoms. The molecule has 1 atom stereocenters. The van der Waals surface area contributed by atoms with Crippen LogP contribution in [-0.4, -0.2) is 41.9 Å². The van der Waals surface area contributed by atoms with E-state index in [0.29, 0.717) is 25.9 Å². The number of benzene rings is 1. The van der Waals surface area contributed by atoms with Crippen LogP contribution < -0.4 is 10.6 Å². The molecule has 6 nitrogen and oxygen atoms in total. The number of halogens is 2. The number of amides is 4. The Bertz CT molecular complexity index is 702. The van der Waals surface area contributed by atoms with Gasteiger partial charge in [-0.1, -0.05) is 6.07 Å². The number of likely N-dealkylation sites (tertiary alicyclic amines) is 1. The van der Waals surface area contributed by atoms with E-state index in [1.807, 2.05) is 0 Å². The molecule has 0 bridgehead atoms. The highest BCUT2D eigenvalue weighted by Crippen LogP contribution is 2.29. The Hall–Kier alpha value is -2.51. The van der Waals surface area contributed by atoms with Gasteiger partial charge in [0.15, 0.2) is 11.6 Å². The summed E-state index contributed by atoms with van der Waals surface area (Å²) >= 11 is 0. The summed E-state index contributed by atoms with van der Waals surface area (Å²) in [5, 5.41) is 4.60. The number of hydrogen-bond acceptors (Lipinski definition) is 3. The smallest absolute Gasteiger partial charge is 0.322 e. The van der Waals surface area contributed by atoms with Crippen LogP contribution in [0.3, 0.4) is 0 Å². The molecule has 2 heterocycles. The van der Waals surface area contributed by atoms with E-state index in [4.69, 9.17) is 0 Å². The van der Waals surface area contributed by atoms with Crippen molar-refractivity contribution in [1.29, 1.82) is 0 Å². The SMILES string of the molecule is O=C1NC(=O)C(CCC(=O)N2CCC(c3ccc(F)c(F)c3)CC2)N1. The molecule has 0 saturated carbocycles. The van der Waals surface area contributed by atoms with E-state index >= 15 is 0 Å². The molecule has 0 radical (unpaired) electrons. The second kappa shape index (κ2) is 7.16. The molecular weight excluding hydrogens is 332 g/mol. The van der Waals surface area contributed by atoms with Crippen LogP contribution in [0.5, 0.6) is 0 Å². The summed E-state index contributed by atoms with van der Waals surface area (Å²) in [4.78, 5) is 36.5. The predicted molar refractivity (Wildman–Crippen MR) is 84.6 cm³/mol. The average Bonchev–Trinajstić information content (AvgIpc) is 2.93. The van der Waals surface area contributed by atoms with Gasteiger partial charge in [-0.05, 0) is 42.9 Å². The number of piperidine rings is 1. The van der Waals surface area contributed by atoms with Crippen molar-refractivity contribution in [2.24, 2.45) is 0 Å². The van der Waals surface area contributed by atoms with Crippen LogP contribution in [0.4, 0.5) is 13.6 Å². The van der Waals surface area contributed by atoms with Crippen molar-refractivity contribution < 1.29 is 23.2 Å². The highest BCUT2D eigenvalue weighted by Gasteiger charge is 2.31. The van der Waals surface area contributed by atoms with Gasteiger partial charge in [0.2, 0.25) is 5.91 Å². The van der Waals surface area contributed by atoms with Crippen molar-refractivity contribution in [2.45, 2.75) is 37.6 Å². The zero-order valence-corrected chi connectivity index (χ0v) is 13.6. The summed E-state index contributed by atoms with van der Waals surface area (Å²) < 4.78 is 26.4. The Morgan fingerprint density at radius 3 is 2.48 bits per heavy atom. The minimum absolute atomic E-state index is 0.0716. The maximum atomic E-state index is 13.3. The van der Waals surface area contributed by atoms with Crippen LogP contribution in [-0.2, 0) is 9.59 Å². The lowest BCUT2D eigenvalue weighted by Crippen LogP contribution is -2.39. The van der Waals surface area contributed by atoms with E-state index in [9.17, 15) is 23.2 Å². The van der Waals surface area contributed by atoms with Crippen molar-refractivity contribution in [3.05, 3.63) is 35.4 Å². The highest BCUT2D eigenvalue weighted by atomic mass is 19.2. The first-order valence-electron chi connectivity index (χ1n) is 8.28. The fraction of sp³-hybridized carbons (Fsp3) is 0.471. The molecular formula is C17H19F2N3O3. The Balaban J connectivity index is 1.48. The third-order valence-corrected chi connectivity index (χ3v) is 4.77. The monoisotopic (exact) mass is 351 g/mol. The van der Waals surface area contributed by atoms with Gasteiger partial charge < -0.3 is 10.2 Å². The van der Waals surface area contributed by atoms with Crippen molar-refractivity contribution in [3.8, 4) is 0 Å². The average molecular weight is 351 g/mol. The molecule has 2 N–H and O–H groups in total. The molecule has 2 aliphatic heterocycles. The molecule has 8 heteroatoms. The van der Waals surface area contributed by atoms with Gasteiger partial charge in [-0.25, -0.2) is 13.6 Å². The number of carbonyl (C=O) groups is 3. The largest absolute Gasteiger partial charge is 0.343 e. The molecule has 134 valence electrons. The predicted octanol–water partition coefficient (Wildman–Crippen LogP) is 1.66. The molecule has 2 fully saturated rings. The maximum Gasteiger partial charge on any atom is 0.322 e. The number of carbonyl (C=O) groups excluding carboxylic acids is 3. The molecule has 4 amide bonds. The molecule has 0 spiro atoms. The van der Waals surface area contributed by atoms with Gasteiger partial charge in [0.05, 0.1) is 0 Å². The molecule has 1 unspecified atom stereocenters. The summed E-state index contributed by atoms with van der Waals surface area (Å²) in [6.07, 6.45) is 1.79. The fourth-order valence-corrected chi connectivity index (χ4v) is 3.32. The van der Waals surface area contributed by atoms with Crippen LogP contribution in [0.15, 0.2) is 18.2 Å². The summed E-state index contributed by atoms with van der Waals surface area (Å²) in [7, 11) is 0. The summed E-state index contributed by atoms with van der Waals surface area (Å²) in [6, 6.07) is 2.75. The maximum absolute atomic E-state index is 13.3. The van der Waals surface area contributed by atoms with Crippen LogP contribution in [0.1, 0.15) is 37.2 Å². The molecule has 3 rings (SSSR count). The third kappa shape index (κ3) is 3.94. The van der Waals surface area contributed by atoms with E-state index in [1.165, 1.54) is 6.07 Å². The minimum atomic E-state index is -0.862. The van der Waals surface area contributed by atoms with Gasteiger partial charge in [0.1, 0.15) is 6.04 Å². The summed E-state index contributed by atoms with van der Waals surface area (Å²) in [6.45, 7) is 1.07. The van der Waals surface area contributed by atoms with Crippen molar-refractivity contribution >= 4 is 17.8 Å². The zero-order valence-electron chi connectivity index (χ0n) is 13.6. The minimum Gasteiger partial charge on any atom is -0.343 e. The fourth-order valence-electron chi connectivity index (χ4n) is 3.32. The summed E-state index contributed by atoms with van der Waals surface area (Å²) in [5.41, 5.74) is 0.747. The number of imide groups is 1. The normalized spacial score (nSPS) is 21.2. The van der Waals surface area contributed by atoms with Gasteiger partial charge in [0.25, 0.3) is 5.91 Å². The molecule has 1 aromatic carbocycles. The topological polar surface area (TPSA) is 78.5 Å². The van der Waals surface area contributed by atoms with Gasteiger partial charge >= 0.3 is 6.03 Å². The second-order valence-corrected chi connectivity index (χ2v) is 6.38. The lowest BCUT2D eigenvalue weighted by Gasteiger charge is -2.32. The van der Waals surface area contributed by atoms with Crippen LogP contribution in [0.2, 0.25) is 0 Å². The lowest BCUT2D eigenvalue weighted by molar-refractivity contribution is -0.132. The Morgan fingerprint density at radius 2 is 1.88 bits per heavy atom. The van der Waals surface area contributed by atoms with Gasteiger partial charge in [-0.15, -0.1) is 0 Å². The van der Waals surface area contributed by atoms with Gasteiger partial charge in [0, 0.05) is 19.5 Å². The van der Waals surface area contributed by atoms with Crippen LogP contribution in [0, 0.1) is 11.6 Å². The first-order valence-corrected chi connectivity index (χ1v) is 8.28. The lowest BCUT2D eigenvalue weighted by atomic mass is 9.89. The highest BCUT2D eigenvalue weighted by molar-refractivity contribution is 6.04. The van der Waals surface area contributed by atoms with E-state index in [2.05, 4.69) is 10.6 Å². The number of rotatable bonds is 4. The standard InChI is InChI=1S/C17H19F2N3O3/c18-12-2-1-11(9-13(12)19)10-5-7-22(8-6-10)15(23)4-3-14-16(24)21-17(25)20-14/h1-2,9-10,14H,3-8H2,(H2,20,21,24,25). The van der Waals surface area contributed by atoms with E-state index < -0.39 is 29.6 Å². The van der Waals surface area contributed by atoms with E-state index in [1.54, 1.807) is 11.0 Å². The van der Waals surface area contributed by atoms with Crippen LogP contribution in [0.25, 0.3) is 0 Å². The molecule has 0 aromatic heterocycles. The van der Waals surface area contributed by atoms with Gasteiger partial charge in [-0.3, -0.25) is 14.9 Å². The van der Waals surface area contributed by atoms with E-state index in [0.717, 1.165) is 11.6 Å². The number of hydrogen-bond donors (Lipinski definition) is 2. The first-order chi connectivity index (χ1) is 11.9. The van der Waals surface area contributed by atoms with Crippen molar-refractivity contribution in [3.63, 3.8) is 0 Å². The Labute approximate surface area is 143 Å². The molecule has 0 aliphatic carbocycles. The number of urea groups is 1.